The molecular formula is C12H11BrN4OS. The predicted molar refractivity (Wildman–Crippen MR) is 79.7 cm³/mol. The zero-order valence-electron chi connectivity index (χ0n) is 10.3. The van der Waals surface area contributed by atoms with E-state index < -0.39 is 0 Å². The zero-order valence-corrected chi connectivity index (χ0v) is 12.7. The first kappa shape index (κ1) is 12.4. The Morgan fingerprint density at radius 1 is 1.42 bits per heavy atom. The summed E-state index contributed by atoms with van der Waals surface area (Å²) in [5.74, 6) is 1.07. The molecule has 0 aliphatic rings. The van der Waals surface area contributed by atoms with Crippen LogP contribution in [0, 0.1) is 6.92 Å². The van der Waals surface area contributed by atoms with E-state index >= 15 is 0 Å². The lowest BCUT2D eigenvalue weighted by Gasteiger charge is -2.08. The third kappa shape index (κ3) is 1.98. The second-order valence-corrected chi connectivity index (χ2v) is 6.11. The molecule has 0 bridgehead atoms. The lowest BCUT2D eigenvalue weighted by atomic mass is 10.1. The van der Waals surface area contributed by atoms with Gasteiger partial charge in [0.05, 0.1) is 12.8 Å². The second kappa shape index (κ2) is 4.50. The van der Waals surface area contributed by atoms with Crippen LogP contribution in [0.2, 0.25) is 0 Å². The van der Waals surface area contributed by atoms with Crippen LogP contribution in [0.1, 0.15) is 4.88 Å². The van der Waals surface area contributed by atoms with E-state index in [2.05, 4.69) is 26.0 Å². The van der Waals surface area contributed by atoms with Gasteiger partial charge in [0.25, 0.3) is 0 Å². The molecule has 98 valence electrons. The highest BCUT2D eigenvalue weighted by atomic mass is 79.9. The maximum absolute atomic E-state index is 5.66. The molecule has 0 saturated heterocycles. The van der Waals surface area contributed by atoms with Crippen molar-refractivity contribution in [2.45, 2.75) is 6.92 Å². The van der Waals surface area contributed by atoms with Gasteiger partial charge in [-0.1, -0.05) is 27.3 Å². The molecule has 0 fully saturated rings. The van der Waals surface area contributed by atoms with Crippen molar-refractivity contribution in [3.05, 3.63) is 27.5 Å². The highest BCUT2D eigenvalue weighted by molar-refractivity contribution is 9.10. The van der Waals surface area contributed by atoms with Crippen molar-refractivity contribution in [2.24, 2.45) is 0 Å². The van der Waals surface area contributed by atoms with E-state index in [1.807, 2.05) is 25.1 Å². The number of rotatable bonds is 2. The van der Waals surface area contributed by atoms with Crippen molar-refractivity contribution >= 4 is 38.2 Å². The topological polar surface area (TPSA) is 65.4 Å². The van der Waals surface area contributed by atoms with E-state index in [0.29, 0.717) is 0 Å². The number of aromatic nitrogens is 3. The first-order chi connectivity index (χ1) is 9.10. The first-order valence-corrected chi connectivity index (χ1v) is 7.16. The number of nitrogens with zero attached hydrogens (tertiary/aromatic N) is 3. The van der Waals surface area contributed by atoms with Crippen molar-refractivity contribution in [1.29, 1.82) is 0 Å². The molecule has 1 aromatic carbocycles. The van der Waals surface area contributed by atoms with Crippen LogP contribution in [0.3, 0.4) is 0 Å². The number of fused-ring (bicyclic) bond motifs is 1. The van der Waals surface area contributed by atoms with Gasteiger partial charge < -0.3 is 10.5 Å². The summed E-state index contributed by atoms with van der Waals surface area (Å²) in [6, 6.07) is 5.87. The fraction of sp³-hybridized carbons (Fsp3) is 0.167. The highest BCUT2D eigenvalue weighted by Crippen LogP contribution is 2.37. The van der Waals surface area contributed by atoms with Crippen LogP contribution in [0.15, 0.2) is 22.7 Å². The number of benzene rings is 1. The molecule has 0 unspecified atom stereocenters. The maximum Gasteiger partial charge on any atom is 0.241 e. The van der Waals surface area contributed by atoms with E-state index in [1.54, 1.807) is 23.0 Å². The fourth-order valence-corrected chi connectivity index (χ4v) is 3.31. The number of nitrogen functional groups attached to an aromatic ring is 1. The maximum atomic E-state index is 5.66. The number of ether oxygens (including phenoxy) is 1. The molecule has 0 aliphatic heterocycles. The smallest absolute Gasteiger partial charge is 0.241 e. The minimum atomic E-state index is 0.279. The van der Waals surface area contributed by atoms with E-state index in [1.165, 1.54) is 0 Å². The molecule has 19 heavy (non-hydrogen) atoms. The Hall–Kier alpha value is -1.60. The van der Waals surface area contributed by atoms with Crippen molar-refractivity contribution in [3.63, 3.8) is 0 Å². The lowest BCUT2D eigenvalue weighted by molar-refractivity contribution is 0.416. The Kier molecular flexibility index (Phi) is 2.94. The van der Waals surface area contributed by atoms with E-state index in [0.717, 1.165) is 31.3 Å². The summed E-state index contributed by atoms with van der Waals surface area (Å²) in [7, 11) is 1.65. The average molecular weight is 339 g/mol. The van der Waals surface area contributed by atoms with Gasteiger partial charge in [0.15, 0.2) is 0 Å². The van der Waals surface area contributed by atoms with Crippen LogP contribution >= 0.6 is 27.3 Å². The largest absolute Gasteiger partial charge is 0.496 e. The zero-order chi connectivity index (χ0) is 13.6. The summed E-state index contributed by atoms with van der Waals surface area (Å²) in [4.78, 5) is 6.10. The second-order valence-electron chi connectivity index (χ2n) is 4.02. The molecule has 3 rings (SSSR count). The van der Waals surface area contributed by atoms with E-state index in [-0.39, 0.29) is 5.95 Å². The van der Waals surface area contributed by atoms with E-state index in [4.69, 9.17) is 10.5 Å². The molecule has 3 aromatic rings. The van der Waals surface area contributed by atoms with Crippen molar-refractivity contribution in [2.75, 3.05) is 12.8 Å². The molecule has 0 amide bonds. The summed E-state index contributed by atoms with van der Waals surface area (Å²) < 4.78 is 8.17. The molecule has 0 atom stereocenters. The van der Waals surface area contributed by atoms with Gasteiger partial charge >= 0.3 is 0 Å². The van der Waals surface area contributed by atoms with Crippen molar-refractivity contribution in [1.82, 2.24) is 14.6 Å². The molecule has 2 aromatic heterocycles. The third-order valence-corrected chi connectivity index (χ3v) is 4.24. The molecule has 7 heteroatoms. The van der Waals surface area contributed by atoms with Gasteiger partial charge in [0, 0.05) is 14.9 Å². The molecule has 0 saturated carbocycles. The summed E-state index contributed by atoms with van der Waals surface area (Å²) in [6.45, 7) is 2.03. The Morgan fingerprint density at radius 2 is 2.21 bits per heavy atom. The van der Waals surface area contributed by atoms with Gasteiger partial charge in [-0.3, -0.25) is 0 Å². The monoisotopic (exact) mass is 338 g/mol. The van der Waals surface area contributed by atoms with Crippen LogP contribution in [-0.4, -0.2) is 21.7 Å². The van der Waals surface area contributed by atoms with Gasteiger partial charge in [-0.15, -0.1) is 5.10 Å². The van der Waals surface area contributed by atoms with Gasteiger partial charge in [0.2, 0.25) is 10.9 Å². The molecular weight excluding hydrogens is 328 g/mol. The van der Waals surface area contributed by atoms with Crippen LogP contribution in [0.4, 0.5) is 5.95 Å². The fourth-order valence-electron chi connectivity index (χ4n) is 2.03. The quantitative estimate of drug-likeness (QED) is 0.779. The van der Waals surface area contributed by atoms with Gasteiger partial charge in [-0.25, -0.2) is 4.52 Å². The molecule has 2 N–H and O–H groups in total. The molecule has 0 radical (unpaired) electrons. The van der Waals surface area contributed by atoms with Crippen LogP contribution in [0.25, 0.3) is 16.2 Å². The number of methoxy groups -OCH3 is 1. The van der Waals surface area contributed by atoms with E-state index in [9.17, 15) is 0 Å². The van der Waals surface area contributed by atoms with Gasteiger partial charge in [0.1, 0.15) is 5.75 Å². The summed E-state index contributed by atoms with van der Waals surface area (Å²) in [5.41, 5.74) is 7.58. The molecule has 0 aliphatic carbocycles. The number of aryl methyl sites for hydroxylation is 1. The van der Waals surface area contributed by atoms with Crippen LogP contribution in [-0.2, 0) is 0 Å². The number of thiazole rings is 1. The minimum Gasteiger partial charge on any atom is -0.496 e. The third-order valence-electron chi connectivity index (χ3n) is 2.80. The number of anilines is 1. The minimum absolute atomic E-state index is 0.279. The average Bonchev–Trinajstić information content (AvgIpc) is 2.83. The Labute approximate surface area is 122 Å². The standard InChI is InChI=1S/C12H11BrN4OS/c1-6-10(17-12(19-6)15-11(14)16-17)8-5-7(13)3-4-9(8)18-2/h3-5H,1-2H3,(H2,14,16). The van der Waals surface area contributed by atoms with Gasteiger partial charge in [-0.2, -0.15) is 4.98 Å². The van der Waals surface area contributed by atoms with Crippen molar-refractivity contribution in [3.8, 4) is 17.0 Å². The number of halogens is 1. The Morgan fingerprint density at radius 3 is 2.95 bits per heavy atom. The van der Waals surface area contributed by atoms with Crippen LogP contribution < -0.4 is 10.5 Å². The van der Waals surface area contributed by atoms with Crippen LogP contribution in [0.5, 0.6) is 5.75 Å². The summed E-state index contributed by atoms with van der Waals surface area (Å²) in [6.07, 6.45) is 0. The number of nitrogens with two attached hydrogens (primary N) is 1. The Balaban J connectivity index is 2.34. The highest BCUT2D eigenvalue weighted by Gasteiger charge is 2.18. The molecule has 5 nitrogen and oxygen atoms in total. The number of hydrogen-bond donors (Lipinski definition) is 1. The SMILES string of the molecule is COc1ccc(Br)cc1-c1c(C)sc2nc(N)nn12. The summed E-state index contributed by atoms with van der Waals surface area (Å²) >= 11 is 5.04. The van der Waals surface area contributed by atoms with Gasteiger partial charge in [-0.05, 0) is 25.1 Å². The Bertz CT molecular complexity index is 765. The van der Waals surface area contributed by atoms with Crippen molar-refractivity contribution < 1.29 is 4.74 Å². The lowest BCUT2D eigenvalue weighted by Crippen LogP contribution is -1.95. The normalized spacial score (nSPS) is 11.1. The number of hydrogen-bond acceptors (Lipinski definition) is 5. The first-order valence-electron chi connectivity index (χ1n) is 5.55. The summed E-state index contributed by atoms with van der Waals surface area (Å²) in [5, 5.41) is 4.24. The molecule has 2 heterocycles. The predicted octanol–water partition coefficient (Wildman–Crippen LogP) is 3.12. The molecule has 0 spiro atoms.